The van der Waals surface area contributed by atoms with Crippen molar-refractivity contribution in [3.8, 4) is 0 Å². The summed E-state index contributed by atoms with van der Waals surface area (Å²) < 4.78 is 13.3. The van der Waals surface area contributed by atoms with Crippen LogP contribution in [0.2, 0.25) is 10.0 Å². The molecule has 4 rings (SSSR count). The van der Waals surface area contributed by atoms with Gasteiger partial charge in [0.15, 0.2) is 0 Å². The summed E-state index contributed by atoms with van der Waals surface area (Å²) >= 11 is 12.9. The topological polar surface area (TPSA) is 87.2 Å². The number of likely N-dealkylation sites (tertiary alicyclic amines) is 1. The standard InChI is InChI=1S/C20H16Cl2FN5O2S/c21-11-3-1-4-12(9-11)24-17(29)19-27-26-18(31-19)16-5-2-8-28(16)20(30)25-13-6-7-15(23)14(22)10-13/h1,3-4,6-7,9-10,16H,2,5,8H2,(H,24,29)(H,25,30). The first-order chi connectivity index (χ1) is 14.9. The molecule has 2 heterocycles. The van der Waals surface area contributed by atoms with Crippen LogP contribution in [-0.4, -0.2) is 33.6 Å². The summed E-state index contributed by atoms with van der Waals surface area (Å²) in [6.45, 7) is 0.523. The number of hydrogen-bond acceptors (Lipinski definition) is 5. The fourth-order valence-corrected chi connectivity index (χ4v) is 4.50. The maximum Gasteiger partial charge on any atom is 0.322 e. The SMILES string of the molecule is O=C(Nc1cccc(Cl)c1)c1nnc(C2CCCN2C(=O)Nc2ccc(F)c(Cl)c2)s1. The molecule has 2 N–H and O–H groups in total. The van der Waals surface area contributed by atoms with Crippen molar-refractivity contribution in [2.75, 3.05) is 17.2 Å². The number of halogens is 3. The van der Waals surface area contributed by atoms with Crippen molar-refractivity contribution in [3.05, 3.63) is 68.3 Å². The van der Waals surface area contributed by atoms with Gasteiger partial charge in [0.2, 0.25) is 5.01 Å². The molecule has 3 aromatic rings. The molecule has 1 atom stereocenters. The highest BCUT2D eigenvalue weighted by Gasteiger charge is 2.33. The number of rotatable bonds is 4. The third-order valence-corrected chi connectivity index (χ3v) is 6.23. The number of carbonyl (C=O) groups is 2. The Morgan fingerprint density at radius 1 is 1.10 bits per heavy atom. The second-order valence-electron chi connectivity index (χ2n) is 6.82. The van der Waals surface area contributed by atoms with E-state index in [2.05, 4.69) is 20.8 Å². The van der Waals surface area contributed by atoms with Crippen molar-refractivity contribution < 1.29 is 14.0 Å². The molecule has 1 aliphatic rings. The van der Waals surface area contributed by atoms with Gasteiger partial charge < -0.3 is 15.5 Å². The molecule has 1 saturated heterocycles. The van der Waals surface area contributed by atoms with Gasteiger partial charge in [-0.05, 0) is 49.2 Å². The molecule has 0 bridgehead atoms. The van der Waals surface area contributed by atoms with Gasteiger partial charge in [-0.2, -0.15) is 0 Å². The third-order valence-electron chi connectivity index (χ3n) is 4.69. The van der Waals surface area contributed by atoms with Gasteiger partial charge in [0.05, 0.1) is 11.1 Å². The van der Waals surface area contributed by atoms with Gasteiger partial charge in [-0.1, -0.05) is 40.6 Å². The number of hydrogen-bond donors (Lipinski definition) is 2. The van der Waals surface area contributed by atoms with E-state index < -0.39 is 11.7 Å². The first-order valence-electron chi connectivity index (χ1n) is 9.34. The summed E-state index contributed by atoms with van der Waals surface area (Å²) in [5, 5.41) is 14.8. The molecule has 11 heteroatoms. The Morgan fingerprint density at radius 2 is 1.90 bits per heavy atom. The molecule has 7 nitrogen and oxygen atoms in total. The molecule has 31 heavy (non-hydrogen) atoms. The van der Waals surface area contributed by atoms with Gasteiger partial charge in [-0.3, -0.25) is 4.79 Å². The fraction of sp³-hybridized carbons (Fsp3) is 0.200. The second kappa shape index (κ2) is 9.17. The number of urea groups is 1. The molecular weight excluding hydrogens is 464 g/mol. The van der Waals surface area contributed by atoms with Crippen LogP contribution < -0.4 is 10.6 Å². The van der Waals surface area contributed by atoms with Crippen LogP contribution in [0.1, 0.15) is 33.7 Å². The predicted molar refractivity (Wildman–Crippen MR) is 118 cm³/mol. The highest BCUT2D eigenvalue weighted by Crippen LogP contribution is 2.34. The lowest BCUT2D eigenvalue weighted by molar-refractivity contribution is 0.102. The fourth-order valence-electron chi connectivity index (χ4n) is 3.25. The largest absolute Gasteiger partial charge is 0.322 e. The molecule has 1 aromatic heterocycles. The highest BCUT2D eigenvalue weighted by atomic mass is 35.5. The van der Waals surface area contributed by atoms with E-state index in [1.54, 1.807) is 29.2 Å². The number of nitrogens with one attached hydrogen (secondary N) is 2. The number of anilines is 2. The Hall–Kier alpha value is -2.75. The molecule has 3 amide bonds. The zero-order valence-electron chi connectivity index (χ0n) is 15.9. The smallest absolute Gasteiger partial charge is 0.320 e. The third kappa shape index (κ3) is 4.95. The Labute approximate surface area is 191 Å². The minimum Gasteiger partial charge on any atom is -0.320 e. The van der Waals surface area contributed by atoms with Crippen molar-refractivity contribution in [3.63, 3.8) is 0 Å². The van der Waals surface area contributed by atoms with E-state index in [1.807, 2.05) is 0 Å². The maximum absolute atomic E-state index is 13.3. The van der Waals surface area contributed by atoms with Crippen LogP contribution in [0.15, 0.2) is 42.5 Å². The Morgan fingerprint density at radius 3 is 2.68 bits per heavy atom. The van der Waals surface area contributed by atoms with Gasteiger partial charge in [0.25, 0.3) is 5.91 Å². The van der Waals surface area contributed by atoms with Crippen molar-refractivity contribution in [1.29, 1.82) is 0 Å². The summed E-state index contributed by atoms with van der Waals surface area (Å²) in [6.07, 6.45) is 1.48. The molecule has 160 valence electrons. The average Bonchev–Trinajstić information content (AvgIpc) is 3.40. The summed E-state index contributed by atoms with van der Waals surface area (Å²) in [5.41, 5.74) is 0.940. The number of amides is 3. The molecule has 0 aliphatic carbocycles. The summed E-state index contributed by atoms with van der Waals surface area (Å²) in [7, 11) is 0. The van der Waals surface area contributed by atoms with E-state index >= 15 is 0 Å². The quantitative estimate of drug-likeness (QED) is 0.509. The minimum absolute atomic E-state index is 0.0738. The first kappa shape index (κ1) is 21.5. The molecule has 2 aromatic carbocycles. The van der Waals surface area contributed by atoms with E-state index in [9.17, 15) is 14.0 Å². The molecule has 0 saturated carbocycles. The maximum atomic E-state index is 13.3. The molecule has 1 aliphatic heterocycles. The van der Waals surface area contributed by atoms with E-state index in [-0.39, 0.29) is 22.1 Å². The van der Waals surface area contributed by atoms with Crippen LogP contribution in [0.5, 0.6) is 0 Å². The van der Waals surface area contributed by atoms with Gasteiger partial charge in [-0.25, -0.2) is 9.18 Å². The van der Waals surface area contributed by atoms with Crippen molar-refractivity contribution in [2.24, 2.45) is 0 Å². The molecule has 1 unspecified atom stereocenters. The summed E-state index contributed by atoms with van der Waals surface area (Å²) in [4.78, 5) is 26.9. The second-order valence-corrected chi connectivity index (χ2v) is 8.67. The molecule has 0 radical (unpaired) electrons. The van der Waals surface area contributed by atoms with Gasteiger partial charge in [0, 0.05) is 22.9 Å². The highest BCUT2D eigenvalue weighted by molar-refractivity contribution is 7.13. The van der Waals surface area contributed by atoms with Gasteiger partial charge >= 0.3 is 6.03 Å². The van der Waals surface area contributed by atoms with Crippen molar-refractivity contribution in [1.82, 2.24) is 15.1 Å². The van der Waals surface area contributed by atoms with Crippen molar-refractivity contribution in [2.45, 2.75) is 18.9 Å². The zero-order valence-corrected chi connectivity index (χ0v) is 18.3. The number of carbonyl (C=O) groups excluding carboxylic acids is 2. The molecular formula is C20H16Cl2FN5O2S. The van der Waals surface area contributed by atoms with Crippen LogP contribution in [-0.2, 0) is 0 Å². The van der Waals surface area contributed by atoms with E-state index in [0.717, 1.165) is 17.8 Å². The Bertz CT molecular complexity index is 1140. The lowest BCUT2D eigenvalue weighted by Crippen LogP contribution is -2.34. The molecule has 0 spiro atoms. The van der Waals surface area contributed by atoms with E-state index in [1.165, 1.54) is 18.2 Å². The normalized spacial score (nSPS) is 15.7. The van der Waals surface area contributed by atoms with Crippen LogP contribution >= 0.6 is 34.5 Å². The number of benzene rings is 2. The predicted octanol–water partition coefficient (Wildman–Crippen LogP) is 5.61. The van der Waals surface area contributed by atoms with Crippen LogP contribution in [0, 0.1) is 5.82 Å². The van der Waals surface area contributed by atoms with E-state index in [4.69, 9.17) is 23.2 Å². The van der Waals surface area contributed by atoms with Gasteiger partial charge in [-0.15, -0.1) is 10.2 Å². The van der Waals surface area contributed by atoms with Crippen LogP contribution in [0.25, 0.3) is 0 Å². The summed E-state index contributed by atoms with van der Waals surface area (Å²) in [6, 6.07) is 10.1. The summed E-state index contributed by atoms with van der Waals surface area (Å²) in [5.74, 6) is -0.961. The minimum atomic E-state index is -0.559. The Balaban J connectivity index is 1.45. The van der Waals surface area contributed by atoms with Gasteiger partial charge in [0.1, 0.15) is 10.8 Å². The van der Waals surface area contributed by atoms with Crippen LogP contribution in [0.3, 0.4) is 0 Å². The van der Waals surface area contributed by atoms with Crippen molar-refractivity contribution >= 4 is 57.9 Å². The first-order valence-corrected chi connectivity index (χ1v) is 10.9. The Kier molecular flexibility index (Phi) is 6.35. The zero-order chi connectivity index (χ0) is 22.0. The van der Waals surface area contributed by atoms with Crippen LogP contribution in [0.4, 0.5) is 20.6 Å². The lowest BCUT2D eigenvalue weighted by Gasteiger charge is -2.23. The number of nitrogens with zero attached hydrogens (tertiary/aromatic N) is 3. The number of aromatic nitrogens is 2. The molecule has 1 fully saturated rings. The monoisotopic (exact) mass is 479 g/mol. The lowest BCUT2D eigenvalue weighted by atomic mass is 10.2. The van der Waals surface area contributed by atoms with E-state index in [0.29, 0.717) is 34.4 Å². The average molecular weight is 480 g/mol.